The van der Waals surface area contributed by atoms with Crippen LogP contribution >= 0.6 is 0 Å². The first-order valence-corrected chi connectivity index (χ1v) is 7.19. The Morgan fingerprint density at radius 2 is 2.05 bits per heavy atom. The molecular formula is C16H25NO3. The van der Waals surface area contributed by atoms with Crippen LogP contribution in [0.15, 0.2) is 18.2 Å². The van der Waals surface area contributed by atoms with Crippen LogP contribution in [0.2, 0.25) is 0 Å². The van der Waals surface area contributed by atoms with E-state index in [2.05, 4.69) is 18.3 Å². The Balaban J connectivity index is 2.51. The zero-order valence-electron chi connectivity index (χ0n) is 12.9. The Labute approximate surface area is 121 Å². The number of carbonyl (C=O) groups excluding carboxylic acids is 1. The lowest BCUT2D eigenvalue weighted by molar-refractivity contribution is -0.146. The van der Waals surface area contributed by atoms with Crippen LogP contribution in [-0.4, -0.2) is 31.8 Å². The lowest BCUT2D eigenvalue weighted by Gasteiger charge is -2.17. The van der Waals surface area contributed by atoms with Crippen LogP contribution in [0.1, 0.15) is 31.4 Å². The van der Waals surface area contributed by atoms with Gasteiger partial charge in [0, 0.05) is 6.42 Å². The van der Waals surface area contributed by atoms with Gasteiger partial charge in [-0.3, -0.25) is 4.79 Å². The molecule has 112 valence electrons. The summed E-state index contributed by atoms with van der Waals surface area (Å²) < 4.78 is 10.8. The molecule has 0 spiro atoms. The first kappa shape index (κ1) is 16.5. The fraction of sp³-hybridized carbons (Fsp3) is 0.562. The fourth-order valence-corrected chi connectivity index (χ4v) is 1.96. The topological polar surface area (TPSA) is 47.6 Å². The van der Waals surface area contributed by atoms with Gasteiger partial charge in [0.1, 0.15) is 11.8 Å². The minimum absolute atomic E-state index is 0.209. The molecule has 0 aliphatic rings. The number of likely N-dealkylation sites (N-methyl/N-ethyl adjacent to an activating group) is 1. The molecule has 1 aromatic rings. The van der Waals surface area contributed by atoms with Gasteiger partial charge in [-0.25, -0.2) is 0 Å². The highest BCUT2D eigenvalue weighted by atomic mass is 16.5. The van der Waals surface area contributed by atoms with E-state index >= 15 is 0 Å². The standard InChI is InChI=1S/C16H25NO3/c1-5-17-14(16(18)19-6-2)10-11-20-15-9-7-8-12(3)13(15)4/h7-9,14,17H,5-6,10-11H2,1-4H3. The van der Waals surface area contributed by atoms with Crippen molar-refractivity contribution in [3.63, 3.8) is 0 Å². The maximum atomic E-state index is 11.8. The molecule has 1 atom stereocenters. The Bertz CT molecular complexity index is 432. The molecule has 0 saturated heterocycles. The summed E-state index contributed by atoms with van der Waals surface area (Å²) in [6.07, 6.45) is 0.597. The van der Waals surface area contributed by atoms with Crippen LogP contribution in [0.3, 0.4) is 0 Å². The lowest BCUT2D eigenvalue weighted by atomic mass is 10.1. The van der Waals surface area contributed by atoms with E-state index in [0.717, 1.165) is 17.9 Å². The van der Waals surface area contributed by atoms with E-state index in [0.29, 0.717) is 19.6 Å². The second-order valence-corrected chi connectivity index (χ2v) is 4.70. The second-order valence-electron chi connectivity index (χ2n) is 4.70. The molecular weight excluding hydrogens is 254 g/mol. The van der Waals surface area contributed by atoms with Crippen molar-refractivity contribution >= 4 is 5.97 Å². The molecule has 0 heterocycles. The molecule has 0 aliphatic heterocycles. The van der Waals surface area contributed by atoms with E-state index in [-0.39, 0.29) is 12.0 Å². The number of hydrogen-bond donors (Lipinski definition) is 1. The van der Waals surface area contributed by atoms with Crippen LogP contribution in [0.4, 0.5) is 0 Å². The average Bonchev–Trinajstić information content (AvgIpc) is 2.42. The van der Waals surface area contributed by atoms with Gasteiger partial charge in [-0.15, -0.1) is 0 Å². The number of esters is 1. The third kappa shape index (κ3) is 4.85. The van der Waals surface area contributed by atoms with Crippen LogP contribution < -0.4 is 10.1 Å². The van der Waals surface area contributed by atoms with E-state index in [9.17, 15) is 4.79 Å². The van der Waals surface area contributed by atoms with E-state index in [1.807, 2.05) is 32.9 Å². The highest BCUT2D eigenvalue weighted by Gasteiger charge is 2.18. The number of aryl methyl sites for hydroxylation is 1. The van der Waals surface area contributed by atoms with E-state index in [1.165, 1.54) is 5.56 Å². The van der Waals surface area contributed by atoms with Gasteiger partial charge in [0.15, 0.2) is 0 Å². The molecule has 1 unspecified atom stereocenters. The molecule has 0 radical (unpaired) electrons. The van der Waals surface area contributed by atoms with Crippen LogP contribution in [0, 0.1) is 13.8 Å². The molecule has 1 aromatic carbocycles. The molecule has 0 aromatic heterocycles. The van der Waals surface area contributed by atoms with Crippen molar-refractivity contribution in [1.29, 1.82) is 0 Å². The van der Waals surface area contributed by atoms with E-state index < -0.39 is 0 Å². The molecule has 0 bridgehead atoms. The summed E-state index contributed by atoms with van der Waals surface area (Å²) in [5.74, 6) is 0.669. The van der Waals surface area contributed by atoms with Crippen molar-refractivity contribution in [2.45, 2.75) is 40.2 Å². The van der Waals surface area contributed by atoms with Gasteiger partial charge in [-0.05, 0) is 44.5 Å². The van der Waals surface area contributed by atoms with Crippen molar-refractivity contribution in [1.82, 2.24) is 5.32 Å². The summed E-state index contributed by atoms with van der Waals surface area (Å²) in [5, 5.41) is 3.12. The number of carbonyl (C=O) groups is 1. The summed E-state index contributed by atoms with van der Waals surface area (Å²) in [5.41, 5.74) is 2.35. The molecule has 4 heteroatoms. The van der Waals surface area contributed by atoms with Gasteiger partial charge in [-0.2, -0.15) is 0 Å². The predicted molar refractivity (Wildman–Crippen MR) is 80.1 cm³/mol. The average molecular weight is 279 g/mol. The Hall–Kier alpha value is -1.55. The maximum Gasteiger partial charge on any atom is 0.323 e. The van der Waals surface area contributed by atoms with Crippen molar-refractivity contribution in [2.24, 2.45) is 0 Å². The molecule has 4 nitrogen and oxygen atoms in total. The van der Waals surface area contributed by atoms with Crippen molar-refractivity contribution < 1.29 is 14.3 Å². The quantitative estimate of drug-likeness (QED) is 0.743. The van der Waals surface area contributed by atoms with Gasteiger partial charge < -0.3 is 14.8 Å². The molecule has 0 saturated carbocycles. The zero-order valence-corrected chi connectivity index (χ0v) is 12.9. The SMILES string of the molecule is CCNC(CCOc1cccc(C)c1C)C(=O)OCC. The van der Waals surface area contributed by atoms with Crippen molar-refractivity contribution in [3.8, 4) is 5.75 Å². The van der Waals surface area contributed by atoms with E-state index in [4.69, 9.17) is 9.47 Å². The summed E-state index contributed by atoms with van der Waals surface area (Å²) in [6, 6.07) is 5.69. The molecule has 0 aliphatic carbocycles. The number of hydrogen-bond acceptors (Lipinski definition) is 4. The van der Waals surface area contributed by atoms with Gasteiger partial charge >= 0.3 is 5.97 Å². The largest absolute Gasteiger partial charge is 0.493 e. The Morgan fingerprint density at radius 3 is 2.70 bits per heavy atom. The minimum atomic E-state index is -0.301. The number of benzene rings is 1. The predicted octanol–water partition coefficient (Wildman–Crippen LogP) is 2.61. The highest BCUT2D eigenvalue weighted by molar-refractivity contribution is 5.75. The van der Waals surface area contributed by atoms with Crippen LogP contribution in [0.5, 0.6) is 5.75 Å². The molecule has 0 fully saturated rings. The molecule has 20 heavy (non-hydrogen) atoms. The van der Waals surface area contributed by atoms with Gasteiger partial charge in [0.05, 0.1) is 13.2 Å². The summed E-state index contributed by atoms with van der Waals surface area (Å²) in [4.78, 5) is 11.8. The first-order chi connectivity index (χ1) is 9.60. The summed E-state index contributed by atoms with van der Waals surface area (Å²) >= 11 is 0. The van der Waals surface area contributed by atoms with E-state index in [1.54, 1.807) is 0 Å². The van der Waals surface area contributed by atoms with Gasteiger partial charge in [-0.1, -0.05) is 19.1 Å². The van der Waals surface area contributed by atoms with Gasteiger partial charge in [0.25, 0.3) is 0 Å². The van der Waals surface area contributed by atoms with Crippen molar-refractivity contribution in [2.75, 3.05) is 19.8 Å². The lowest BCUT2D eigenvalue weighted by Crippen LogP contribution is -2.39. The van der Waals surface area contributed by atoms with Crippen LogP contribution in [-0.2, 0) is 9.53 Å². The molecule has 1 rings (SSSR count). The van der Waals surface area contributed by atoms with Gasteiger partial charge in [0.2, 0.25) is 0 Å². The first-order valence-electron chi connectivity index (χ1n) is 7.19. The zero-order chi connectivity index (χ0) is 15.0. The highest BCUT2D eigenvalue weighted by Crippen LogP contribution is 2.20. The monoisotopic (exact) mass is 279 g/mol. The number of ether oxygens (including phenoxy) is 2. The molecule has 0 amide bonds. The van der Waals surface area contributed by atoms with Crippen LogP contribution in [0.25, 0.3) is 0 Å². The Kier molecular flexibility index (Phi) is 7.09. The number of rotatable bonds is 8. The number of nitrogens with one attached hydrogen (secondary N) is 1. The second kappa shape index (κ2) is 8.59. The maximum absolute atomic E-state index is 11.8. The normalized spacial score (nSPS) is 12.0. The Morgan fingerprint density at radius 1 is 1.30 bits per heavy atom. The van der Waals surface area contributed by atoms with Crippen molar-refractivity contribution in [3.05, 3.63) is 29.3 Å². The summed E-state index contributed by atoms with van der Waals surface area (Å²) in [6.45, 7) is 9.50. The third-order valence-electron chi connectivity index (χ3n) is 3.24. The molecule has 1 N–H and O–H groups in total. The minimum Gasteiger partial charge on any atom is -0.493 e. The summed E-state index contributed by atoms with van der Waals surface area (Å²) in [7, 11) is 0. The smallest absolute Gasteiger partial charge is 0.323 e. The fourth-order valence-electron chi connectivity index (χ4n) is 1.96. The third-order valence-corrected chi connectivity index (χ3v) is 3.24.